The Morgan fingerprint density at radius 2 is 1.49 bits per heavy atom. The van der Waals surface area contributed by atoms with Gasteiger partial charge in [-0.25, -0.2) is 4.39 Å². The normalized spacial score (nSPS) is 14.9. The van der Waals surface area contributed by atoms with Crippen LogP contribution >= 0.6 is 11.8 Å². The molecule has 192 valence electrons. The zero-order valence-corrected chi connectivity index (χ0v) is 23.0. The maximum absolute atomic E-state index is 13.2. The zero-order valence-electron chi connectivity index (χ0n) is 22.2. The number of carbonyl (C=O) groups excluding carboxylic acids is 1. The molecule has 6 heteroatoms. The highest BCUT2D eigenvalue weighted by Crippen LogP contribution is 2.40. The molecular formula is C29H41FN2O2S. The Morgan fingerprint density at radius 3 is 2.00 bits per heavy atom. The second kappa shape index (κ2) is 11.2. The highest BCUT2D eigenvalue weighted by molar-refractivity contribution is 7.99. The molecule has 0 radical (unpaired) electrons. The molecule has 0 unspecified atom stereocenters. The van der Waals surface area contributed by atoms with E-state index in [2.05, 4.69) is 58.6 Å². The van der Waals surface area contributed by atoms with E-state index in [1.54, 1.807) is 23.9 Å². The quantitative estimate of drug-likeness (QED) is 0.464. The molecule has 1 aliphatic heterocycles. The number of benzene rings is 2. The molecule has 1 heterocycles. The van der Waals surface area contributed by atoms with Crippen LogP contribution in [-0.2, 0) is 22.0 Å². The van der Waals surface area contributed by atoms with E-state index >= 15 is 0 Å². The van der Waals surface area contributed by atoms with Crippen molar-refractivity contribution in [3.8, 4) is 5.75 Å². The van der Waals surface area contributed by atoms with Gasteiger partial charge in [0, 0.05) is 31.9 Å². The molecule has 1 N–H and O–H groups in total. The number of phenols is 1. The van der Waals surface area contributed by atoms with E-state index in [0.29, 0.717) is 24.6 Å². The van der Waals surface area contributed by atoms with Crippen LogP contribution < -0.4 is 4.90 Å². The molecule has 35 heavy (non-hydrogen) atoms. The maximum Gasteiger partial charge on any atom is 0.232 e. The number of halogens is 1. The fraction of sp³-hybridized carbons (Fsp3) is 0.552. The highest BCUT2D eigenvalue weighted by atomic mass is 32.2. The summed E-state index contributed by atoms with van der Waals surface area (Å²) in [5, 5.41) is 10.9. The van der Waals surface area contributed by atoms with Crippen molar-refractivity contribution in [3.05, 3.63) is 58.9 Å². The van der Waals surface area contributed by atoms with Gasteiger partial charge in [-0.2, -0.15) is 11.8 Å². The molecule has 4 nitrogen and oxygen atoms in total. The van der Waals surface area contributed by atoms with Gasteiger partial charge in [-0.3, -0.25) is 4.79 Å². The largest absolute Gasteiger partial charge is 0.507 e. The van der Waals surface area contributed by atoms with Gasteiger partial charge in [-0.1, -0.05) is 53.7 Å². The number of amides is 1. The van der Waals surface area contributed by atoms with E-state index < -0.39 is 0 Å². The summed E-state index contributed by atoms with van der Waals surface area (Å²) in [7, 11) is 0. The molecule has 0 spiro atoms. The van der Waals surface area contributed by atoms with Gasteiger partial charge < -0.3 is 14.9 Å². The third kappa shape index (κ3) is 7.39. The van der Waals surface area contributed by atoms with Crippen LogP contribution in [0.5, 0.6) is 5.75 Å². The molecule has 1 amide bonds. The molecule has 0 bridgehead atoms. The molecule has 2 aromatic rings. The number of aryl methyl sites for hydroxylation is 1. The number of anilines is 1. The van der Waals surface area contributed by atoms with E-state index in [4.69, 9.17) is 0 Å². The van der Waals surface area contributed by atoms with Gasteiger partial charge in [0.1, 0.15) is 11.6 Å². The first-order valence-electron chi connectivity index (χ1n) is 12.6. The Kier molecular flexibility index (Phi) is 8.79. The van der Waals surface area contributed by atoms with Crippen LogP contribution in [0.3, 0.4) is 0 Å². The number of phenolic OH excluding ortho intramolecular Hbond substituents is 1. The summed E-state index contributed by atoms with van der Waals surface area (Å²) in [4.78, 5) is 16.8. The minimum absolute atomic E-state index is 0.123. The van der Waals surface area contributed by atoms with Crippen molar-refractivity contribution in [2.75, 3.05) is 42.6 Å². The molecule has 0 atom stereocenters. The number of hydrogen-bond donors (Lipinski definition) is 1. The lowest BCUT2D eigenvalue weighted by molar-refractivity contribution is -0.128. The minimum atomic E-state index is -0.228. The van der Waals surface area contributed by atoms with Gasteiger partial charge in [-0.05, 0) is 70.4 Å². The molecule has 1 saturated heterocycles. The van der Waals surface area contributed by atoms with Crippen LogP contribution in [0.2, 0.25) is 0 Å². The van der Waals surface area contributed by atoms with Gasteiger partial charge in [0.25, 0.3) is 0 Å². The van der Waals surface area contributed by atoms with E-state index in [0.717, 1.165) is 48.5 Å². The fourth-order valence-electron chi connectivity index (χ4n) is 4.48. The lowest BCUT2D eigenvalue weighted by Crippen LogP contribution is -2.49. The molecule has 1 aliphatic rings. The SMILES string of the molecule is CC(C)(C)c1cc(CCCSCC(=O)N2CCN(c3ccc(F)cc3)CC2)cc(C(C)(C)C)c1O. The van der Waals surface area contributed by atoms with Gasteiger partial charge in [0.05, 0.1) is 5.75 Å². The monoisotopic (exact) mass is 500 g/mol. The Labute approximate surface area is 214 Å². The standard InChI is InChI=1S/C29H41FN2O2S/c1-28(2,3)24-18-21(19-25(27(24)34)29(4,5)6)8-7-17-35-20-26(33)32-15-13-31(14-16-32)23-11-9-22(30)10-12-23/h9-12,18-19,34H,7-8,13-17,20H2,1-6H3. The average molecular weight is 501 g/mol. The molecule has 0 aromatic heterocycles. The number of nitrogens with zero attached hydrogens (tertiary/aromatic N) is 2. The number of hydrogen-bond acceptors (Lipinski definition) is 4. The van der Waals surface area contributed by atoms with E-state index in [9.17, 15) is 14.3 Å². The maximum atomic E-state index is 13.2. The van der Waals surface area contributed by atoms with Crippen molar-refractivity contribution in [1.82, 2.24) is 4.90 Å². The second-order valence-corrected chi connectivity index (χ2v) is 12.6. The van der Waals surface area contributed by atoms with Crippen molar-refractivity contribution in [2.24, 2.45) is 0 Å². The highest BCUT2D eigenvalue weighted by Gasteiger charge is 2.26. The fourth-order valence-corrected chi connectivity index (χ4v) is 5.33. The van der Waals surface area contributed by atoms with Gasteiger partial charge in [-0.15, -0.1) is 0 Å². The molecular weight excluding hydrogens is 459 g/mol. The third-order valence-corrected chi connectivity index (χ3v) is 7.62. The van der Waals surface area contributed by atoms with Crippen molar-refractivity contribution < 1.29 is 14.3 Å². The number of thioether (sulfide) groups is 1. The van der Waals surface area contributed by atoms with Crippen LogP contribution in [0.1, 0.15) is 64.7 Å². The smallest absolute Gasteiger partial charge is 0.232 e. The third-order valence-electron chi connectivity index (χ3n) is 6.59. The Bertz CT molecular complexity index is 966. The summed E-state index contributed by atoms with van der Waals surface area (Å²) in [6.45, 7) is 15.8. The summed E-state index contributed by atoms with van der Waals surface area (Å²) in [6.07, 6.45) is 1.93. The van der Waals surface area contributed by atoms with Gasteiger partial charge in [0.15, 0.2) is 0 Å². The van der Waals surface area contributed by atoms with Crippen molar-refractivity contribution in [3.63, 3.8) is 0 Å². The zero-order chi connectivity index (χ0) is 25.8. The van der Waals surface area contributed by atoms with E-state index in [-0.39, 0.29) is 22.6 Å². The number of rotatable bonds is 7. The minimum Gasteiger partial charge on any atom is -0.507 e. The summed E-state index contributed by atoms with van der Waals surface area (Å²) >= 11 is 1.70. The predicted molar refractivity (Wildman–Crippen MR) is 146 cm³/mol. The van der Waals surface area contributed by atoms with Crippen LogP contribution in [-0.4, -0.2) is 53.6 Å². The van der Waals surface area contributed by atoms with Crippen molar-refractivity contribution in [1.29, 1.82) is 0 Å². The summed E-state index contributed by atoms with van der Waals surface area (Å²) in [6, 6.07) is 10.9. The predicted octanol–water partition coefficient (Wildman–Crippen LogP) is 6.14. The molecule has 1 fully saturated rings. The number of carbonyl (C=O) groups is 1. The Balaban J connectivity index is 1.46. The lowest BCUT2D eigenvalue weighted by Gasteiger charge is -2.36. The topological polar surface area (TPSA) is 43.8 Å². The molecule has 0 saturated carbocycles. The van der Waals surface area contributed by atoms with E-state index in [1.807, 2.05) is 4.90 Å². The molecule has 0 aliphatic carbocycles. The second-order valence-electron chi connectivity index (χ2n) is 11.5. The van der Waals surface area contributed by atoms with Crippen LogP contribution in [0.15, 0.2) is 36.4 Å². The lowest BCUT2D eigenvalue weighted by atomic mass is 9.78. The average Bonchev–Trinajstić information content (AvgIpc) is 2.78. The number of aromatic hydroxyl groups is 1. The van der Waals surface area contributed by atoms with Gasteiger partial charge in [0.2, 0.25) is 5.91 Å². The van der Waals surface area contributed by atoms with Crippen LogP contribution in [0, 0.1) is 5.82 Å². The van der Waals surface area contributed by atoms with E-state index in [1.165, 1.54) is 17.7 Å². The summed E-state index contributed by atoms with van der Waals surface area (Å²) in [5.41, 5.74) is 4.02. The Morgan fingerprint density at radius 1 is 0.943 bits per heavy atom. The van der Waals surface area contributed by atoms with Crippen LogP contribution in [0.25, 0.3) is 0 Å². The first-order chi connectivity index (χ1) is 16.4. The first-order valence-corrected chi connectivity index (χ1v) is 13.7. The first kappa shape index (κ1) is 27.4. The summed E-state index contributed by atoms with van der Waals surface area (Å²) in [5.74, 6) is 1.83. The molecule has 3 rings (SSSR count). The molecule has 2 aromatic carbocycles. The van der Waals surface area contributed by atoms with Crippen molar-refractivity contribution >= 4 is 23.4 Å². The Hall–Kier alpha value is -2.21. The van der Waals surface area contributed by atoms with Gasteiger partial charge >= 0.3 is 0 Å². The van der Waals surface area contributed by atoms with Crippen LogP contribution in [0.4, 0.5) is 10.1 Å². The van der Waals surface area contributed by atoms with Crippen molar-refractivity contribution in [2.45, 2.75) is 65.2 Å². The number of piperazine rings is 1. The summed E-state index contributed by atoms with van der Waals surface area (Å²) < 4.78 is 13.2.